The van der Waals surface area contributed by atoms with E-state index in [0.717, 1.165) is 48.5 Å². The number of nitrogens with zero attached hydrogens (tertiary/aromatic N) is 1. The molecule has 0 aliphatic carbocycles. The lowest BCUT2D eigenvalue weighted by atomic mass is 10.0. The number of rotatable bonds is 8. The second kappa shape index (κ2) is 9.41. The van der Waals surface area contributed by atoms with Gasteiger partial charge in [-0.2, -0.15) is 0 Å². The summed E-state index contributed by atoms with van der Waals surface area (Å²) in [4.78, 5) is 28.3. The number of fused-ring (bicyclic) bond motifs is 1. The maximum absolute atomic E-state index is 12.7. The van der Waals surface area contributed by atoms with E-state index >= 15 is 0 Å². The Kier molecular flexibility index (Phi) is 6.92. The normalized spacial score (nSPS) is 13.9. The van der Waals surface area contributed by atoms with Crippen molar-refractivity contribution >= 4 is 28.2 Å². The first-order chi connectivity index (χ1) is 13.9. The Morgan fingerprint density at radius 3 is 2.62 bits per heavy atom. The lowest BCUT2D eigenvalue weighted by Gasteiger charge is -2.30. The summed E-state index contributed by atoms with van der Waals surface area (Å²) in [5.74, 6) is -0.00409. The Hall–Kier alpha value is -2.38. The van der Waals surface area contributed by atoms with Crippen LogP contribution in [0.1, 0.15) is 64.8 Å². The van der Waals surface area contributed by atoms with Gasteiger partial charge in [0.15, 0.2) is 0 Å². The third-order valence-electron chi connectivity index (χ3n) is 5.17. The van der Waals surface area contributed by atoms with E-state index in [-0.39, 0.29) is 5.91 Å². The first-order valence-electron chi connectivity index (χ1n) is 10.1. The van der Waals surface area contributed by atoms with Crippen LogP contribution in [0.2, 0.25) is 0 Å². The van der Waals surface area contributed by atoms with Gasteiger partial charge in [-0.15, -0.1) is 11.3 Å². The lowest BCUT2D eigenvalue weighted by molar-refractivity contribution is 0.0999. The molecule has 2 heterocycles. The molecule has 3 N–H and O–H groups in total. The van der Waals surface area contributed by atoms with E-state index in [4.69, 9.17) is 10.5 Å². The first-order valence-corrected chi connectivity index (χ1v) is 10.9. The number of hydrogen-bond acceptors (Lipinski definition) is 5. The minimum atomic E-state index is -0.490. The summed E-state index contributed by atoms with van der Waals surface area (Å²) in [7, 11) is 0. The third-order valence-corrected chi connectivity index (χ3v) is 6.31. The number of primary amides is 1. The van der Waals surface area contributed by atoms with Gasteiger partial charge in [-0.1, -0.05) is 13.3 Å². The second-order valence-corrected chi connectivity index (χ2v) is 8.67. The Morgan fingerprint density at radius 2 is 2.00 bits per heavy atom. The number of amides is 2. The minimum absolute atomic E-state index is 0.257. The van der Waals surface area contributed by atoms with Gasteiger partial charge in [-0.25, -0.2) is 0 Å². The molecule has 29 heavy (non-hydrogen) atoms. The number of nitrogens with one attached hydrogen (secondary N) is 1. The Labute approximate surface area is 176 Å². The van der Waals surface area contributed by atoms with E-state index in [0.29, 0.717) is 28.8 Å². The fraction of sp³-hybridized carbons (Fsp3) is 0.455. The summed E-state index contributed by atoms with van der Waals surface area (Å²) in [5.41, 5.74) is 7.61. The number of hydrogen-bond donors (Lipinski definition) is 2. The van der Waals surface area contributed by atoms with Gasteiger partial charge in [-0.3, -0.25) is 14.5 Å². The number of carbonyl (C=O) groups excluding carboxylic acids is 2. The van der Waals surface area contributed by atoms with Gasteiger partial charge in [-0.05, 0) is 56.5 Å². The number of thiophene rings is 1. The average Bonchev–Trinajstić information content (AvgIpc) is 3.05. The molecule has 0 radical (unpaired) electrons. The largest absolute Gasteiger partial charge is 0.494 e. The maximum atomic E-state index is 12.7. The van der Waals surface area contributed by atoms with Gasteiger partial charge in [0.25, 0.3) is 11.8 Å². The highest BCUT2D eigenvalue weighted by Gasteiger charge is 2.28. The molecule has 0 unspecified atom stereocenters. The number of anilines is 1. The average molecular weight is 416 g/mol. The van der Waals surface area contributed by atoms with E-state index in [1.54, 1.807) is 24.3 Å². The summed E-state index contributed by atoms with van der Waals surface area (Å²) in [6.45, 7) is 8.75. The van der Waals surface area contributed by atoms with Gasteiger partial charge in [0.2, 0.25) is 0 Å². The summed E-state index contributed by atoms with van der Waals surface area (Å²) in [5, 5.41) is 3.44. The molecule has 0 saturated carbocycles. The van der Waals surface area contributed by atoms with Crippen LogP contribution in [0.25, 0.3) is 0 Å². The smallest absolute Gasteiger partial charge is 0.256 e. The summed E-state index contributed by atoms with van der Waals surface area (Å²) >= 11 is 1.45. The highest BCUT2D eigenvalue weighted by Crippen LogP contribution is 2.37. The molecule has 1 aliphatic heterocycles. The topological polar surface area (TPSA) is 84.7 Å². The van der Waals surface area contributed by atoms with Crippen molar-refractivity contribution in [3.63, 3.8) is 0 Å². The molecule has 0 bridgehead atoms. The molecule has 1 aromatic heterocycles. The molecule has 0 saturated heterocycles. The zero-order chi connectivity index (χ0) is 21.0. The zero-order valence-corrected chi connectivity index (χ0v) is 18.1. The lowest BCUT2D eigenvalue weighted by Crippen LogP contribution is -2.35. The fourth-order valence-electron chi connectivity index (χ4n) is 3.42. The van der Waals surface area contributed by atoms with Crippen LogP contribution in [0.4, 0.5) is 5.00 Å². The molecular formula is C22H29N3O3S. The predicted molar refractivity (Wildman–Crippen MR) is 117 cm³/mol. The van der Waals surface area contributed by atoms with Crippen molar-refractivity contribution in [3.8, 4) is 5.75 Å². The standard InChI is InChI=1S/C22H29N3O3S/c1-4-5-12-28-16-8-6-15(7-9-16)21(27)24-22-19(20(23)26)17-10-11-25(14(2)3)13-18(17)29-22/h6-9,14H,4-5,10-13H2,1-3H3,(H2,23,26)(H,24,27). The molecule has 1 aromatic carbocycles. The third kappa shape index (κ3) is 4.97. The van der Waals surface area contributed by atoms with Gasteiger partial charge in [0.1, 0.15) is 10.8 Å². The SMILES string of the molecule is CCCCOc1ccc(C(=O)Nc2sc3c(c2C(N)=O)CCN(C(C)C)C3)cc1. The molecule has 1 aliphatic rings. The number of unbranched alkanes of at least 4 members (excludes halogenated alkanes) is 1. The zero-order valence-electron chi connectivity index (χ0n) is 17.3. The minimum Gasteiger partial charge on any atom is -0.494 e. The summed E-state index contributed by atoms with van der Waals surface area (Å²) in [6, 6.07) is 7.47. The van der Waals surface area contributed by atoms with E-state index in [1.165, 1.54) is 11.3 Å². The van der Waals surface area contributed by atoms with Crippen molar-refractivity contribution in [1.29, 1.82) is 0 Å². The number of carbonyl (C=O) groups is 2. The van der Waals surface area contributed by atoms with Crippen molar-refractivity contribution in [3.05, 3.63) is 45.8 Å². The highest BCUT2D eigenvalue weighted by molar-refractivity contribution is 7.17. The van der Waals surface area contributed by atoms with Gasteiger partial charge in [0.05, 0.1) is 12.2 Å². The summed E-state index contributed by atoms with van der Waals surface area (Å²) < 4.78 is 5.64. The van der Waals surface area contributed by atoms with E-state index in [1.807, 2.05) is 0 Å². The quantitative estimate of drug-likeness (QED) is 0.637. The molecule has 2 amide bonds. The van der Waals surface area contributed by atoms with E-state index < -0.39 is 5.91 Å². The molecule has 6 nitrogen and oxygen atoms in total. The van der Waals surface area contributed by atoms with Gasteiger partial charge in [0, 0.05) is 29.6 Å². The Bertz CT molecular complexity index is 874. The van der Waals surface area contributed by atoms with Crippen LogP contribution in [0.3, 0.4) is 0 Å². The molecule has 3 rings (SSSR count). The first kappa shape index (κ1) is 21.3. The molecule has 2 aromatic rings. The van der Waals surface area contributed by atoms with Crippen LogP contribution in [0, 0.1) is 0 Å². The maximum Gasteiger partial charge on any atom is 0.256 e. The van der Waals surface area contributed by atoms with Crippen LogP contribution in [-0.2, 0) is 13.0 Å². The van der Waals surface area contributed by atoms with Crippen molar-refractivity contribution in [2.45, 2.75) is 52.6 Å². The molecule has 0 atom stereocenters. The van der Waals surface area contributed by atoms with E-state index in [9.17, 15) is 9.59 Å². The van der Waals surface area contributed by atoms with Crippen LogP contribution >= 0.6 is 11.3 Å². The molecular weight excluding hydrogens is 386 g/mol. The number of ether oxygens (including phenoxy) is 1. The fourth-order valence-corrected chi connectivity index (χ4v) is 4.70. The molecule has 0 spiro atoms. The van der Waals surface area contributed by atoms with Crippen molar-refractivity contribution in [1.82, 2.24) is 4.90 Å². The Balaban J connectivity index is 1.76. The van der Waals surface area contributed by atoms with E-state index in [2.05, 4.69) is 31.0 Å². The van der Waals surface area contributed by atoms with Gasteiger partial charge < -0.3 is 15.8 Å². The monoisotopic (exact) mass is 415 g/mol. The predicted octanol–water partition coefficient (Wildman–Crippen LogP) is 4.04. The van der Waals surface area contributed by atoms with Crippen molar-refractivity contribution < 1.29 is 14.3 Å². The van der Waals surface area contributed by atoms with Crippen LogP contribution in [-0.4, -0.2) is 35.9 Å². The van der Waals surface area contributed by atoms with Crippen molar-refractivity contribution in [2.75, 3.05) is 18.5 Å². The van der Waals surface area contributed by atoms with Crippen LogP contribution < -0.4 is 15.8 Å². The van der Waals surface area contributed by atoms with Crippen LogP contribution in [0.5, 0.6) is 5.75 Å². The van der Waals surface area contributed by atoms with Gasteiger partial charge >= 0.3 is 0 Å². The molecule has 7 heteroatoms. The van der Waals surface area contributed by atoms with Crippen LogP contribution in [0.15, 0.2) is 24.3 Å². The number of nitrogens with two attached hydrogens (primary N) is 1. The summed E-state index contributed by atoms with van der Waals surface area (Å²) in [6.07, 6.45) is 2.83. The Morgan fingerprint density at radius 1 is 1.28 bits per heavy atom. The molecule has 0 fully saturated rings. The number of benzene rings is 1. The highest BCUT2D eigenvalue weighted by atomic mass is 32.1. The molecule has 156 valence electrons. The second-order valence-electron chi connectivity index (χ2n) is 7.57. The van der Waals surface area contributed by atoms with Crippen molar-refractivity contribution in [2.24, 2.45) is 5.73 Å².